The minimum Gasteiger partial charge on any atom is -0.490 e. The molecule has 2 aromatic carbocycles. The van der Waals surface area contributed by atoms with Crippen LogP contribution in [0.2, 0.25) is 5.02 Å². The predicted molar refractivity (Wildman–Crippen MR) is 210 cm³/mol. The molecule has 0 unspecified atom stereocenters. The summed E-state index contributed by atoms with van der Waals surface area (Å²) in [6.45, 7) is 13.7. The lowest BCUT2D eigenvalue weighted by atomic mass is 9.63. The van der Waals surface area contributed by atoms with E-state index in [4.69, 9.17) is 25.8 Å². The molecule has 0 radical (unpaired) electrons. The van der Waals surface area contributed by atoms with Crippen molar-refractivity contribution in [2.24, 2.45) is 11.8 Å². The van der Waals surface area contributed by atoms with Crippen LogP contribution in [0, 0.1) is 11.8 Å². The Morgan fingerprint density at radius 1 is 1.17 bits per heavy atom. The summed E-state index contributed by atoms with van der Waals surface area (Å²) < 4.78 is 46.9. The van der Waals surface area contributed by atoms with Crippen molar-refractivity contribution in [1.82, 2.24) is 14.5 Å². The first-order valence-electron chi connectivity index (χ1n) is 19.6. The number of halogens is 1. The number of piperazine rings is 1. The largest absolute Gasteiger partial charge is 0.490 e. The number of anilines is 1. The molecule has 3 aliphatic heterocycles. The molecule has 1 saturated carbocycles. The van der Waals surface area contributed by atoms with E-state index in [1.807, 2.05) is 25.3 Å². The molecule has 2 aromatic rings. The van der Waals surface area contributed by atoms with Gasteiger partial charge in [-0.1, -0.05) is 36.7 Å². The number of morpholine rings is 1. The van der Waals surface area contributed by atoms with Crippen LogP contribution in [-0.2, 0) is 31.3 Å². The first-order chi connectivity index (χ1) is 25.5. The number of benzene rings is 2. The van der Waals surface area contributed by atoms with Crippen LogP contribution in [0.15, 0.2) is 48.6 Å². The summed E-state index contributed by atoms with van der Waals surface area (Å²) in [6.07, 6.45) is 10.7. The molecule has 5 aliphatic rings. The second kappa shape index (κ2) is 15.8. The number of nitrogens with zero attached hydrogens (tertiary/aromatic N) is 3. The Hall–Kier alpha value is -2.67. The normalized spacial score (nSPS) is 27.7. The lowest BCUT2D eigenvalue weighted by Gasteiger charge is -2.53. The number of allylic oxidation sites excluding steroid dienone is 1. The highest BCUT2D eigenvalue weighted by Crippen LogP contribution is 2.49. The molecule has 53 heavy (non-hydrogen) atoms. The van der Waals surface area contributed by atoms with E-state index >= 15 is 0 Å². The number of hydrogen-bond donors (Lipinski definition) is 1. The van der Waals surface area contributed by atoms with Crippen molar-refractivity contribution < 1.29 is 27.4 Å². The molecule has 1 spiro atoms. The molecule has 3 heterocycles. The van der Waals surface area contributed by atoms with Gasteiger partial charge in [0.2, 0.25) is 10.0 Å². The quantitative estimate of drug-likeness (QED) is 0.290. The van der Waals surface area contributed by atoms with Crippen molar-refractivity contribution in [2.45, 2.75) is 81.6 Å². The number of ether oxygens (including phenoxy) is 3. The summed E-state index contributed by atoms with van der Waals surface area (Å²) >= 11 is 6.51. The van der Waals surface area contributed by atoms with Gasteiger partial charge in [-0.05, 0) is 106 Å². The van der Waals surface area contributed by atoms with Crippen molar-refractivity contribution in [2.75, 3.05) is 77.6 Å². The van der Waals surface area contributed by atoms with Crippen molar-refractivity contribution >= 4 is 33.2 Å². The third kappa shape index (κ3) is 7.89. The molecule has 3 fully saturated rings. The second-order valence-corrected chi connectivity index (χ2v) is 18.9. The Labute approximate surface area is 321 Å². The summed E-state index contributed by atoms with van der Waals surface area (Å²) in [4.78, 5) is 21.0. The summed E-state index contributed by atoms with van der Waals surface area (Å²) in [5.41, 5.74) is 2.94. The fraction of sp³-hybridized carbons (Fsp3) is 0.634. The first kappa shape index (κ1) is 38.6. The smallest absolute Gasteiger partial charge is 0.264 e. The van der Waals surface area contributed by atoms with Crippen LogP contribution in [0.3, 0.4) is 0 Å². The standard InChI is InChI=1S/C41H57ClN4O6S/c1-5-6-16-41(50-4,27-44-17-18-45-19-20-51-25-34(45)24-44)36-12-9-32(36)23-46-26-40(15-7-8-30-21-33(42)11-13-35(30)40)28-52-38-14-10-31(22-37(38)46)39(47)43-53(48,49)29(2)3/h6,10-11,13-14,16,21-22,29,32,34,36H,5,7-9,12,15,17-20,23-28H2,1-4H3,(H,43,47)/b16-6+/t32-,34-,36+,40-,41+/m0/s1. The van der Waals surface area contributed by atoms with Crippen LogP contribution in [0.5, 0.6) is 5.75 Å². The van der Waals surface area contributed by atoms with Crippen LogP contribution in [0.25, 0.3) is 0 Å². The van der Waals surface area contributed by atoms with Gasteiger partial charge >= 0.3 is 0 Å². The molecule has 5 atom stereocenters. The lowest BCUT2D eigenvalue weighted by Crippen LogP contribution is -2.62. The van der Waals surface area contributed by atoms with Gasteiger partial charge in [0.05, 0.1) is 30.8 Å². The number of hydrogen-bond acceptors (Lipinski definition) is 9. The number of rotatable bonds is 11. The fourth-order valence-electron chi connectivity index (χ4n) is 9.47. The molecule has 10 nitrogen and oxygen atoms in total. The Balaban J connectivity index is 1.21. The minimum atomic E-state index is -3.80. The van der Waals surface area contributed by atoms with Gasteiger partial charge in [0.25, 0.3) is 5.91 Å². The molecule has 0 aromatic heterocycles. The molecule has 2 aliphatic carbocycles. The molecule has 2 saturated heterocycles. The van der Waals surface area contributed by atoms with Gasteiger partial charge in [0, 0.05) is 75.0 Å². The minimum absolute atomic E-state index is 0.276. The molecule has 7 rings (SSSR count). The summed E-state index contributed by atoms with van der Waals surface area (Å²) in [5.74, 6) is 0.690. The van der Waals surface area contributed by atoms with Gasteiger partial charge in [-0.15, -0.1) is 0 Å². The van der Waals surface area contributed by atoms with Gasteiger partial charge in [0.1, 0.15) is 11.4 Å². The molecule has 12 heteroatoms. The molecular formula is C41H57ClN4O6S. The topological polar surface area (TPSA) is 101 Å². The molecule has 0 bridgehead atoms. The van der Waals surface area contributed by atoms with Crippen molar-refractivity contribution in [1.29, 1.82) is 0 Å². The second-order valence-electron chi connectivity index (χ2n) is 16.2. The molecule has 1 N–H and O–H groups in total. The van der Waals surface area contributed by atoms with Gasteiger partial charge in [-0.3, -0.25) is 14.6 Å². The zero-order valence-corrected chi connectivity index (χ0v) is 33.4. The number of sulfonamides is 1. The van der Waals surface area contributed by atoms with Crippen molar-refractivity contribution in [3.63, 3.8) is 0 Å². The third-order valence-corrected chi connectivity index (χ3v) is 14.6. The molecule has 290 valence electrons. The zero-order valence-electron chi connectivity index (χ0n) is 31.8. The third-order valence-electron chi connectivity index (χ3n) is 12.7. The zero-order chi connectivity index (χ0) is 37.4. The predicted octanol–water partition coefficient (Wildman–Crippen LogP) is 5.68. The number of amides is 1. The van der Waals surface area contributed by atoms with E-state index in [9.17, 15) is 13.2 Å². The number of nitrogens with one attached hydrogen (secondary N) is 1. The fourth-order valence-corrected chi connectivity index (χ4v) is 10.3. The molecule has 1 amide bonds. The molecular weight excluding hydrogens is 712 g/mol. The van der Waals surface area contributed by atoms with Crippen LogP contribution >= 0.6 is 11.6 Å². The van der Waals surface area contributed by atoms with Crippen LogP contribution < -0.4 is 14.4 Å². The van der Waals surface area contributed by atoms with Crippen LogP contribution in [-0.4, -0.2) is 114 Å². The van der Waals surface area contributed by atoms with E-state index in [1.54, 1.807) is 19.9 Å². The van der Waals surface area contributed by atoms with Crippen LogP contribution in [0.1, 0.15) is 74.4 Å². The SMILES string of the molecule is CC/C=C/[C@](CN1CCN2CCOC[C@@H]2C1)(OC)[C@@H]1CC[C@H]1CN1C[C@@]2(CCCc3cc(Cl)ccc32)COc2ccc(C(=O)NS(=O)(=O)C(C)C)cc21. The van der Waals surface area contributed by atoms with E-state index in [-0.39, 0.29) is 5.41 Å². The highest BCUT2D eigenvalue weighted by Gasteiger charge is 2.50. The van der Waals surface area contributed by atoms with Crippen molar-refractivity contribution in [3.8, 4) is 5.75 Å². The van der Waals surface area contributed by atoms with E-state index in [0.717, 1.165) is 102 Å². The summed E-state index contributed by atoms with van der Waals surface area (Å²) in [5, 5.41) is 0.0123. The van der Waals surface area contributed by atoms with Gasteiger partial charge in [-0.2, -0.15) is 0 Å². The summed E-state index contributed by atoms with van der Waals surface area (Å²) in [7, 11) is -1.93. The van der Waals surface area contributed by atoms with Crippen molar-refractivity contribution in [3.05, 3.63) is 70.3 Å². The Bertz CT molecular complexity index is 1790. The number of fused-ring (bicyclic) bond motifs is 4. The monoisotopic (exact) mass is 768 g/mol. The lowest BCUT2D eigenvalue weighted by molar-refractivity contribution is -0.108. The first-order valence-corrected chi connectivity index (χ1v) is 21.5. The highest BCUT2D eigenvalue weighted by molar-refractivity contribution is 7.90. The van der Waals surface area contributed by atoms with E-state index in [2.05, 4.69) is 50.6 Å². The number of carbonyl (C=O) groups excluding carboxylic acids is 1. The van der Waals surface area contributed by atoms with Gasteiger partial charge in [0.15, 0.2) is 0 Å². The maximum absolute atomic E-state index is 13.4. The number of carbonyl (C=O) groups is 1. The number of aryl methyl sites for hydroxylation is 1. The van der Waals surface area contributed by atoms with E-state index in [0.29, 0.717) is 42.3 Å². The Morgan fingerprint density at radius 2 is 2.02 bits per heavy atom. The highest BCUT2D eigenvalue weighted by atomic mass is 35.5. The Kier molecular flexibility index (Phi) is 11.5. The van der Waals surface area contributed by atoms with E-state index < -0.39 is 26.8 Å². The maximum atomic E-state index is 13.4. The maximum Gasteiger partial charge on any atom is 0.264 e. The van der Waals surface area contributed by atoms with Crippen LogP contribution in [0.4, 0.5) is 5.69 Å². The average Bonchev–Trinajstić information content (AvgIpc) is 3.28. The van der Waals surface area contributed by atoms with Gasteiger partial charge in [-0.25, -0.2) is 13.1 Å². The summed E-state index contributed by atoms with van der Waals surface area (Å²) in [6, 6.07) is 12.0. The Morgan fingerprint density at radius 3 is 2.77 bits per heavy atom. The van der Waals surface area contributed by atoms with Gasteiger partial charge < -0.3 is 19.1 Å². The number of methoxy groups -OCH3 is 1. The average molecular weight is 769 g/mol. The van der Waals surface area contributed by atoms with E-state index in [1.165, 1.54) is 11.1 Å².